The quantitative estimate of drug-likeness (QED) is 0.893. The van der Waals surface area contributed by atoms with E-state index in [9.17, 15) is 13.2 Å². The zero-order valence-corrected chi connectivity index (χ0v) is 13.8. The highest BCUT2D eigenvalue weighted by Gasteiger charge is 2.32. The van der Waals surface area contributed by atoms with E-state index in [0.717, 1.165) is 25.7 Å². The molecule has 0 radical (unpaired) electrons. The highest BCUT2D eigenvalue weighted by molar-refractivity contribution is 7.89. The van der Waals surface area contributed by atoms with Crippen molar-refractivity contribution in [3.05, 3.63) is 30.3 Å². The lowest BCUT2D eigenvalue weighted by Gasteiger charge is -2.34. The number of ether oxygens (including phenoxy) is 1. The van der Waals surface area contributed by atoms with Gasteiger partial charge in [0.1, 0.15) is 6.10 Å². The minimum absolute atomic E-state index is 0.00823. The van der Waals surface area contributed by atoms with Crippen LogP contribution in [0.1, 0.15) is 25.7 Å². The number of carbonyl (C=O) groups excluding carboxylic acids is 1. The summed E-state index contributed by atoms with van der Waals surface area (Å²) >= 11 is 0. The molecule has 2 saturated heterocycles. The molecular formula is C16H22N2O4S. The van der Waals surface area contributed by atoms with Gasteiger partial charge in [0.2, 0.25) is 10.0 Å². The Hall–Kier alpha value is -1.44. The molecule has 2 unspecified atom stereocenters. The number of sulfonamides is 1. The summed E-state index contributed by atoms with van der Waals surface area (Å²) in [6, 6.07) is 8.06. The van der Waals surface area contributed by atoms with Crippen LogP contribution in [0.3, 0.4) is 0 Å². The van der Waals surface area contributed by atoms with E-state index in [1.807, 2.05) is 0 Å². The molecule has 3 rings (SSSR count). The van der Waals surface area contributed by atoms with E-state index in [1.54, 1.807) is 35.2 Å². The van der Waals surface area contributed by atoms with Gasteiger partial charge in [0.25, 0.3) is 5.91 Å². The number of rotatable bonds is 4. The SMILES string of the molecule is O=C(C1CCCO1)N1CCCC(NS(=O)(=O)c2ccccc2)C1. The number of likely N-dealkylation sites (tertiary alicyclic amines) is 1. The fourth-order valence-electron chi connectivity index (χ4n) is 3.14. The Labute approximate surface area is 136 Å². The molecule has 2 fully saturated rings. The van der Waals surface area contributed by atoms with Gasteiger partial charge in [-0.2, -0.15) is 0 Å². The summed E-state index contributed by atoms with van der Waals surface area (Å²) in [7, 11) is -3.55. The van der Waals surface area contributed by atoms with Crippen LogP contribution in [0.2, 0.25) is 0 Å². The van der Waals surface area contributed by atoms with Crippen molar-refractivity contribution in [2.75, 3.05) is 19.7 Å². The minimum atomic E-state index is -3.55. The van der Waals surface area contributed by atoms with Crippen LogP contribution in [0.15, 0.2) is 35.2 Å². The van der Waals surface area contributed by atoms with E-state index in [-0.39, 0.29) is 22.9 Å². The summed E-state index contributed by atoms with van der Waals surface area (Å²) in [6.45, 7) is 1.71. The molecule has 7 heteroatoms. The van der Waals surface area contributed by atoms with Gasteiger partial charge in [-0.25, -0.2) is 13.1 Å². The number of benzene rings is 1. The Balaban J connectivity index is 1.63. The van der Waals surface area contributed by atoms with Crippen LogP contribution in [0.4, 0.5) is 0 Å². The number of amides is 1. The van der Waals surface area contributed by atoms with E-state index in [1.165, 1.54) is 0 Å². The van der Waals surface area contributed by atoms with Gasteiger partial charge in [-0.3, -0.25) is 4.79 Å². The molecular weight excluding hydrogens is 316 g/mol. The fourth-order valence-corrected chi connectivity index (χ4v) is 4.42. The molecule has 6 nitrogen and oxygen atoms in total. The molecule has 1 amide bonds. The first-order valence-corrected chi connectivity index (χ1v) is 9.52. The molecule has 2 heterocycles. The van der Waals surface area contributed by atoms with E-state index in [0.29, 0.717) is 19.7 Å². The number of hydrogen-bond acceptors (Lipinski definition) is 4. The number of nitrogens with zero attached hydrogens (tertiary/aromatic N) is 1. The Morgan fingerprint density at radius 2 is 1.96 bits per heavy atom. The first-order valence-electron chi connectivity index (χ1n) is 8.04. The molecule has 2 aliphatic rings. The summed E-state index contributed by atoms with van der Waals surface area (Å²) in [6.07, 6.45) is 2.85. The molecule has 0 bridgehead atoms. The first kappa shape index (κ1) is 16.4. The highest BCUT2D eigenvalue weighted by Crippen LogP contribution is 2.19. The molecule has 0 aliphatic carbocycles. The predicted octanol–water partition coefficient (Wildman–Crippen LogP) is 1.13. The van der Waals surface area contributed by atoms with E-state index in [2.05, 4.69) is 4.72 Å². The average Bonchev–Trinajstić information content (AvgIpc) is 3.09. The maximum absolute atomic E-state index is 12.4. The number of piperidine rings is 1. The predicted molar refractivity (Wildman–Crippen MR) is 85.3 cm³/mol. The van der Waals surface area contributed by atoms with Crippen LogP contribution >= 0.6 is 0 Å². The van der Waals surface area contributed by atoms with Crippen molar-refractivity contribution >= 4 is 15.9 Å². The lowest BCUT2D eigenvalue weighted by Crippen LogP contribution is -2.51. The smallest absolute Gasteiger partial charge is 0.251 e. The molecule has 0 saturated carbocycles. The summed E-state index contributed by atoms with van der Waals surface area (Å²) in [5.74, 6) is -0.00823. The second kappa shape index (κ2) is 6.98. The topological polar surface area (TPSA) is 75.7 Å². The Kier molecular flexibility index (Phi) is 4.99. The maximum Gasteiger partial charge on any atom is 0.251 e. The molecule has 126 valence electrons. The number of carbonyl (C=O) groups is 1. The van der Waals surface area contributed by atoms with Crippen LogP contribution in [-0.2, 0) is 19.6 Å². The third kappa shape index (κ3) is 3.91. The molecule has 0 aromatic heterocycles. The van der Waals surface area contributed by atoms with E-state index >= 15 is 0 Å². The van der Waals surface area contributed by atoms with Crippen molar-refractivity contribution in [3.8, 4) is 0 Å². The number of hydrogen-bond donors (Lipinski definition) is 1. The fraction of sp³-hybridized carbons (Fsp3) is 0.562. The van der Waals surface area contributed by atoms with Gasteiger partial charge >= 0.3 is 0 Å². The van der Waals surface area contributed by atoms with Crippen molar-refractivity contribution in [1.82, 2.24) is 9.62 Å². The third-order valence-corrected chi connectivity index (χ3v) is 5.85. The van der Waals surface area contributed by atoms with Gasteiger partial charge in [0.05, 0.1) is 4.90 Å². The zero-order valence-electron chi connectivity index (χ0n) is 13.0. The molecule has 1 N–H and O–H groups in total. The Morgan fingerprint density at radius 1 is 1.17 bits per heavy atom. The van der Waals surface area contributed by atoms with Gasteiger partial charge < -0.3 is 9.64 Å². The molecule has 0 spiro atoms. The molecule has 1 aromatic rings. The van der Waals surface area contributed by atoms with Crippen molar-refractivity contribution in [3.63, 3.8) is 0 Å². The maximum atomic E-state index is 12.4. The first-order chi connectivity index (χ1) is 11.1. The van der Waals surface area contributed by atoms with Gasteiger partial charge in [-0.1, -0.05) is 18.2 Å². The lowest BCUT2D eigenvalue weighted by molar-refractivity contribution is -0.142. The standard InChI is InChI=1S/C16H22N2O4S/c19-16(15-9-5-11-22-15)18-10-4-6-13(12-18)17-23(20,21)14-7-2-1-3-8-14/h1-3,7-8,13,15,17H,4-6,9-12H2. The monoisotopic (exact) mass is 338 g/mol. The van der Waals surface area contributed by atoms with Crippen LogP contribution in [0.25, 0.3) is 0 Å². The lowest BCUT2D eigenvalue weighted by atomic mass is 10.1. The van der Waals surface area contributed by atoms with Crippen molar-refractivity contribution in [1.29, 1.82) is 0 Å². The normalized spacial score (nSPS) is 25.5. The van der Waals surface area contributed by atoms with Crippen LogP contribution in [0.5, 0.6) is 0 Å². The summed E-state index contributed by atoms with van der Waals surface area (Å²) in [5.41, 5.74) is 0. The summed E-state index contributed by atoms with van der Waals surface area (Å²) < 4.78 is 33.0. The third-order valence-electron chi connectivity index (χ3n) is 4.31. The summed E-state index contributed by atoms with van der Waals surface area (Å²) in [4.78, 5) is 14.4. The average molecular weight is 338 g/mol. The Morgan fingerprint density at radius 3 is 2.65 bits per heavy atom. The second-order valence-corrected chi connectivity index (χ2v) is 7.77. The summed E-state index contributed by atoms with van der Waals surface area (Å²) in [5, 5.41) is 0. The number of nitrogens with one attached hydrogen (secondary N) is 1. The van der Waals surface area contributed by atoms with Gasteiger partial charge in [-0.15, -0.1) is 0 Å². The van der Waals surface area contributed by atoms with Gasteiger partial charge in [0.15, 0.2) is 0 Å². The molecule has 1 aromatic carbocycles. The highest BCUT2D eigenvalue weighted by atomic mass is 32.2. The largest absolute Gasteiger partial charge is 0.368 e. The second-order valence-electron chi connectivity index (χ2n) is 6.06. The molecule has 23 heavy (non-hydrogen) atoms. The van der Waals surface area contributed by atoms with Crippen LogP contribution < -0.4 is 4.72 Å². The Bertz CT molecular complexity index is 641. The molecule has 2 atom stereocenters. The van der Waals surface area contributed by atoms with Gasteiger partial charge in [0, 0.05) is 25.7 Å². The molecule has 2 aliphatic heterocycles. The minimum Gasteiger partial charge on any atom is -0.368 e. The van der Waals surface area contributed by atoms with Crippen molar-refractivity contribution in [2.45, 2.75) is 42.7 Å². The van der Waals surface area contributed by atoms with Crippen molar-refractivity contribution in [2.24, 2.45) is 0 Å². The van der Waals surface area contributed by atoms with Gasteiger partial charge in [-0.05, 0) is 37.8 Å². The van der Waals surface area contributed by atoms with E-state index < -0.39 is 10.0 Å². The van der Waals surface area contributed by atoms with Crippen molar-refractivity contribution < 1.29 is 17.9 Å². The van der Waals surface area contributed by atoms with E-state index in [4.69, 9.17) is 4.74 Å². The zero-order chi connectivity index (χ0) is 16.3. The van der Waals surface area contributed by atoms with Crippen LogP contribution in [0, 0.1) is 0 Å². The van der Waals surface area contributed by atoms with Crippen LogP contribution in [-0.4, -0.2) is 51.1 Å².